The van der Waals surface area contributed by atoms with Crippen LogP contribution in [0.25, 0.3) is 0 Å². The van der Waals surface area contributed by atoms with E-state index in [1.165, 1.54) is 0 Å². The van der Waals surface area contributed by atoms with Crippen molar-refractivity contribution >= 4 is 23.2 Å². The number of anilines is 1. The van der Waals surface area contributed by atoms with E-state index >= 15 is 0 Å². The monoisotopic (exact) mass is 302 g/mol. The Morgan fingerprint density at radius 2 is 1.95 bits per heavy atom. The number of nitrogens with zero attached hydrogens (tertiary/aromatic N) is 1. The Kier molecular flexibility index (Phi) is 4.86. The summed E-state index contributed by atoms with van der Waals surface area (Å²) in [4.78, 5) is 14.2. The smallest absolute Gasteiger partial charge is 0.253 e. The third kappa shape index (κ3) is 3.56. The summed E-state index contributed by atoms with van der Waals surface area (Å²) in [7, 11) is 3.65. The first kappa shape index (κ1) is 15.4. The maximum Gasteiger partial charge on any atom is 0.253 e. The van der Waals surface area contributed by atoms with Gasteiger partial charge in [-0.15, -0.1) is 0 Å². The molecule has 2 aromatic carbocycles. The van der Waals surface area contributed by atoms with Gasteiger partial charge in [-0.05, 0) is 42.3 Å². The molecule has 0 bridgehead atoms. The van der Waals surface area contributed by atoms with Gasteiger partial charge in [-0.3, -0.25) is 4.79 Å². The number of halogens is 1. The Morgan fingerprint density at radius 1 is 1.24 bits per heavy atom. The summed E-state index contributed by atoms with van der Waals surface area (Å²) in [6.07, 6.45) is 0. The van der Waals surface area contributed by atoms with Gasteiger partial charge < -0.3 is 10.2 Å². The van der Waals surface area contributed by atoms with Crippen molar-refractivity contribution < 1.29 is 4.79 Å². The van der Waals surface area contributed by atoms with Gasteiger partial charge in [0, 0.05) is 36.9 Å². The summed E-state index contributed by atoms with van der Waals surface area (Å²) >= 11 is 6.14. The number of aryl methyl sites for hydroxylation is 1. The van der Waals surface area contributed by atoms with E-state index in [0.717, 1.165) is 16.8 Å². The number of hydrogen-bond acceptors (Lipinski definition) is 2. The number of nitrogens with one attached hydrogen (secondary N) is 1. The van der Waals surface area contributed by atoms with Crippen LogP contribution < -0.4 is 5.32 Å². The van der Waals surface area contributed by atoms with Gasteiger partial charge in [0.2, 0.25) is 0 Å². The second kappa shape index (κ2) is 6.64. The number of amides is 1. The van der Waals surface area contributed by atoms with Gasteiger partial charge in [0.25, 0.3) is 5.91 Å². The van der Waals surface area contributed by atoms with Crippen molar-refractivity contribution in [1.82, 2.24) is 4.90 Å². The number of hydrogen-bond donors (Lipinski definition) is 1. The predicted octanol–water partition coefficient (Wildman–Crippen LogP) is 3.96. The van der Waals surface area contributed by atoms with Gasteiger partial charge in [-0.2, -0.15) is 0 Å². The minimum Gasteiger partial charge on any atom is -0.388 e. The fourth-order valence-corrected chi connectivity index (χ4v) is 2.45. The second-order valence-corrected chi connectivity index (χ2v) is 5.44. The highest BCUT2D eigenvalue weighted by molar-refractivity contribution is 6.31. The van der Waals surface area contributed by atoms with E-state index in [9.17, 15) is 4.79 Å². The van der Waals surface area contributed by atoms with Crippen molar-refractivity contribution in [2.45, 2.75) is 13.5 Å². The van der Waals surface area contributed by atoms with E-state index in [1.54, 1.807) is 11.9 Å². The van der Waals surface area contributed by atoms with Gasteiger partial charge in [0.15, 0.2) is 0 Å². The van der Waals surface area contributed by atoms with E-state index in [4.69, 9.17) is 11.6 Å². The maximum atomic E-state index is 12.5. The fourth-order valence-electron chi connectivity index (χ4n) is 2.25. The summed E-state index contributed by atoms with van der Waals surface area (Å²) < 4.78 is 0. The lowest BCUT2D eigenvalue weighted by Crippen LogP contribution is -2.26. The van der Waals surface area contributed by atoms with Crippen LogP contribution in [0.4, 0.5) is 5.69 Å². The first-order chi connectivity index (χ1) is 10.0. The van der Waals surface area contributed by atoms with Crippen molar-refractivity contribution in [3.05, 3.63) is 64.2 Å². The Balaban J connectivity index is 2.16. The lowest BCUT2D eigenvalue weighted by atomic mass is 10.1. The molecule has 4 heteroatoms. The molecule has 0 aliphatic rings. The highest BCUT2D eigenvalue weighted by Crippen LogP contribution is 2.19. The third-order valence-electron chi connectivity index (χ3n) is 3.45. The Bertz CT molecular complexity index is 655. The van der Waals surface area contributed by atoms with Gasteiger partial charge in [-0.1, -0.05) is 29.8 Å². The topological polar surface area (TPSA) is 32.3 Å². The van der Waals surface area contributed by atoms with Crippen molar-refractivity contribution in [3.8, 4) is 0 Å². The zero-order valence-corrected chi connectivity index (χ0v) is 13.2. The molecule has 1 amide bonds. The molecule has 0 aromatic heterocycles. The zero-order valence-electron chi connectivity index (χ0n) is 12.5. The van der Waals surface area contributed by atoms with Crippen molar-refractivity contribution in [1.29, 1.82) is 0 Å². The maximum absolute atomic E-state index is 12.5. The van der Waals surface area contributed by atoms with Crippen molar-refractivity contribution in [2.75, 3.05) is 19.4 Å². The molecule has 0 aliphatic carbocycles. The SMILES string of the molecule is CNc1ccc(C(=O)N(C)Cc2ccccc2Cl)cc1C. The quantitative estimate of drug-likeness (QED) is 0.927. The molecule has 110 valence electrons. The van der Waals surface area contributed by atoms with Gasteiger partial charge >= 0.3 is 0 Å². The van der Waals surface area contributed by atoms with E-state index < -0.39 is 0 Å². The van der Waals surface area contributed by atoms with E-state index in [-0.39, 0.29) is 5.91 Å². The number of rotatable bonds is 4. The number of carbonyl (C=O) groups is 1. The molecule has 0 heterocycles. The van der Waals surface area contributed by atoms with Crippen LogP contribution in [-0.4, -0.2) is 24.9 Å². The normalized spacial score (nSPS) is 10.3. The van der Waals surface area contributed by atoms with Crippen LogP contribution in [0.5, 0.6) is 0 Å². The summed E-state index contributed by atoms with van der Waals surface area (Å²) in [6, 6.07) is 13.2. The number of carbonyl (C=O) groups excluding carboxylic acids is 1. The molecule has 0 aliphatic heterocycles. The molecule has 2 rings (SSSR count). The molecule has 0 spiro atoms. The summed E-state index contributed by atoms with van der Waals surface area (Å²) in [5.74, 6) is -0.0133. The highest BCUT2D eigenvalue weighted by Gasteiger charge is 2.14. The summed E-state index contributed by atoms with van der Waals surface area (Å²) in [6.45, 7) is 2.47. The van der Waals surface area contributed by atoms with Crippen LogP contribution in [0, 0.1) is 6.92 Å². The molecule has 0 fully saturated rings. The van der Waals surface area contributed by atoms with Crippen LogP contribution in [0.1, 0.15) is 21.5 Å². The lowest BCUT2D eigenvalue weighted by molar-refractivity contribution is 0.0785. The molecule has 0 saturated carbocycles. The summed E-state index contributed by atoms with van der Waals surface area (Å²) in [5, 5.41) is 3.78. The largest absolute Gasteiger partial charge is 0.388 e. The predicted molar refractivity (Wildman–Crippen MR) is 88.0 cm³/mol. The first-order valence-electron chi connectivity index (χ1n) is 6.80. The van der Waals surface area contributed by atoms with Crippen molar-refractivity contribution in [3.63, 3.8) is 0 Å². The highest BCUT2D eigenvalue weighted by atomic mass is 35.5. The second-order valence-electron chi connectivity index (χ2n) is 5.03. The molecule has 3 nitrogen and oxygen atoms in total. The van der Waals surface area contributed by atoms with E-state index in [0.29, 0.717) is 17.1 Å². The first-order valence-corrected chi connectivity index (χ1v) is 7.18. The third-order valence-corrected chi connectivity index (χ3v) is 3.82. The molecule has 2 aromatic rings. The van der Waals surface area contributed by atoms with Crippen LogP contribution >= 0.6 is 11.6 Å². The zero-order chi connectivity index (χ0) is 15.4. The van der Waals surface area contributed by atoms with Crippen LogP contribution in [-0.2, 0) is 6.54 Å². The van der Waals surface area contributed by atoms with Crippen LogP contribution in [0.3, 0.4) is 0 Å². The summed E-state index contributed by atoms with van der Waals surface area (Å²) in [5.41, 5.74) is 3.70. The molecule has 0 atom stereocenters. The minimum absolute atomic E-state index is 0.0133. The molecule has 0 unspecified atom stereocenters. The van der Waals surface area contributed by atoms with Crippen LogP contribution in [0.2, 0.25) is 5.02 Å². The Morgan fingerprint density at radius 3 is 2.57 bits per heavy atom. The molecule has 21 heavy (non-hydrogen) atoms. The minimum atomic E-state index is -0.0133. The Labute approximate surface area is 130 Å². The average Bonchev–Trinajstić information content (AvgIpc) is 2.48. The van der Waals surface area contributed by atoms with Gasteiger partial charge in [0.05, 0.1) is 0 Å². The van der Waals surface area contributed by atoms with Crippen molar-refractivity contribution in [2.24, 2.45) is 0 Å². The van der Waals surface area contributed by atoms with E-state index in [1.807, 2.05) is 56.4 Å². The molecular weight excluding hydrogens is 284 g/mol. The molecule has 0 radical (unpaired) electrons. The van der Waals surface area contributed by atoms with Crippen LogP contribution in [0.15, 0.2) is 42.5 Å². The van der Waals surface area contributed by atoms with Gasteiger partial charge in [0.1, 0.15) is 0 Å². The molecular formula is C17H19ClN2O. The lowest BCUT2D eigenvalue weighted by Gasteiger charge is -2.19. The van der Waals surface area contributed by atoms with E-state index in [2.05, 4.69) is 5.32 Å². The standard InChI is InChI=1S/C17H19ClN2O/c1-12-10-13(8-9-16(12)19-2)17(21)20(3)11-14-6-4-5-7-15(14)18/h4-10,19H,11H2,1-3H3. The van der Waals surface area contributed by atoms with Gasteiger partial charge in [-0.25, -0.2) is 0 Å². The fraction of sp³-hybridized carbons (Fsp3) is 0.235. The Hall–Kier alpha value is -2.00. The molecule has 1 N–H and O–H groups in total. The number of benzene rings is 2. The average molecular weight is 303 g/mol. The molecule has 0 saturated heterocycles.